The number of amides is 6. The Labute approximate surface area is 343 Å². The van der Waals surface area contributed by atoms with Crippen molar-refractivity contribution >= 4 is 35.3 Å². The number of imide groups is 2. The minimum Gasteiger partial charge on any atom is -0.496 e. The van der Waals surface area contributed by atoms with Gasteiger partial charge in [0.2, 0.25) is 11.8 Å². The molecular formula is C43H52N8O8. The van der Waals surface area contributed by atoms with Crippen molar-refractivity contribution in [3.63, 3.8) is 0 Å². The van der Waals surface area contributed by atoms with Crippen molar-refractivity contribution in [3.05, 3.63) is 75.2 Å². The smallest absolute Gasteiger partial charge is 0.317 e. The maximum absolute atomic E-state index is 13.4. The van der Waals surface area contributed by atoms with Gasteiger partial charge in [0, 0.05) is 89.7 Å². The van der Waals surface area contributed by atoms with Gasteiger partial charge in [-0.1, -0.05) is 0 Å². The highest BCUT2D eigenvalue weighted by Crippen LogP contribution is 2.44. The third-order valence-electron chi connectivity index (χ3n) is 12.9. The van der Waals surface area contributed by atoms with Gasteiger partial charge in [-0.3, -0.25) is 39.1 Å². The average Bonchev–Trinajstić information content (AvgIpc) is 3.45. The summed E-state index contributed by atoms with van der Waals surface area (Å²) in [6, 6.07) is 9.90. The predicted molar refractivity (Wildman–Crippen MR) is 218 cm³/mol. The molecule has 1 atom stereocenters. The van der Waals surface area contributed by atoms with Gasteiger partial charge in [0.05, 0.1) is 37.5 Å². The summed E-state index contributed by atoms with van der Waals surface area (Å²) in [6.07, 6.45) is 4.22. The van der Waals surface area contributed by atoms with Crippen molar-refractivity contribution < 1.29 is 33.4 Å². The Hall–Kier alpha value is -5.74. The number of likely N-dealkylation sites (tertiary alicyclic amines) is 2. The van der Waals surface area contributed by atoms with Crippen LogP contribution < -0.4 is 30.6 Å². The number of piperidine rings is 2. The van der Waals surface area contributed by atoms with E-state index in [9.17, 15) is 28.8 Å². The molecule has 0 radical (unpaired) electrons. The van der Waals surface area contributed by atoms with Crippen LogP contribution in [0.2, 0.25) is 0 Å². The number of ether oxygens (including phenoxy) is 2. The number of nitrogens with zero attached hydrogens (tertiary/aromatic N) is 6. The van der Waals surface area contributed by atoms with Crippen LogP contribution in [0.4, 0.5) is 10.5 Å². The zero-order valence-electron chi connectivity index (χ0n) is 34.3. The molecule has 8 rings (SSSR count). The second kappa shape index (κ2) is 15.8. The predicted octanol–water partition coefficient (Wildman–Crippen LogP) is 2.28. The first kappa shape index (κ1) is 40.1. The number of carbonyl (C=O) groups excluding carboxylic acids is 5. The topological polar surface area (TPSA) is 166 Å². The Kier molecular flexibility index (Phi) is 10.7. The molecule has 5 aliphatic rings. The summed E-state index contributed by atoms with van der Waals surface area (Å²) in [7, 11) is 8.22. The second-order valence-corrected chi connectivity index (χ2v) is 16.8. The first-order valence-corrected chi connectivity index (χ1v) is 20.2. The molecule has 0 bridgehead atoms. The number of carbonyl (C=O) groups is 5. The molecule has 6 amide bonds. The first-order valence-electron chi connectivity index (χ1n) is 20.2. The molecule has 16 nitrogen and oxygen atoms in total. The van der Waals surface area contributed by atoms with Gasteiger partial charge >= 0.3 is 6.03 Å². The summed E-state index contributed by atoms with van der Waals surface area (Å²) < 4.78 is 13.3. The maximum atomic E-state index is 13.4. The van der Waals surface area contributed by atoms with Crippen molar-refractivity contribution in [1.29, 1.82) is 0 Å². The summed E-state index contributed by atoms with van der Waals surface area (Å²) in [6.45, 7) is 7.75. The van der Waals surface area contributed by atoms with E-state index in [2.05, 4.69) is 25.3 Å². The lowest BCUT2D eigenvalue weighted by atomic mass is 9.71. The molecule has 5 aliphatic heterocycles. The second-order valence-electron chi connectivity index (χ2n) is 16.8. The lowest BCUT2D eigenvalue weighted by Gasteiger charge is -2.55. The number of benzene rings is 2. The van der Waals surface area contributed by atoms with Crippen LogP contribution in [0, 0.1) is 11.3 Å². The van der Waals surface area contributed by atoms with Crippen LogP contribution in [0.1, 0.15) is 57.5 Å². The van der Waals surface area contributed by atoms with E-state index in [1.54, 1.807) is 53.7 Å². The van der Waals surface area contributed by atoms with Gasteiger partial charge in [-0.2, -0.15) is 0 Å². The van der Waals surface area contributed by atoms with E-state index >= 15 is 0 Å². The molecular weight excluding hydrogens is 757 g/mol. The zero-order chi connectivity index (χ0) is 41.7. The number of methoxy groups -OCH3 is 2. The van der Waals surface area contributed by atoms with Crippen molar-refractivity contribution in [3.8, 4) is 22.6 Å². The molecule has 16 heteroatoms. The van der Waals surface area contributed by atoms with Crippen molar-refractivity contribution in [1.82, 2.24) is 34.8 Å². The fourth-order valence-electron chi connectivity index (χ4n) is 9.51. The molecule has 2 N–H and O–H groups in total. The van der Waals surface area contributed by atoms with E-state index in [1.165, 1.54) is 9.47 Å². The van der Waals surface area contributed by atoms with E-state index in [4.69, 9.17) is 9.47 Å². The summed E-state index contributed by atoms with van der Waals surface area (Å²) >= 11 is 0. The quantitative estimate of drug-likeness (QED) is 0.273. The van der Waals surface area contributed by atoms with E-state index in [0.29, 0.717) is 40.7 Å². The Morgan fingerprint density at radius 2 is 1.59 bits per heavy atom. The number of hydrogen-bond donors (Lipinski definition) is 2. The highest BCUT2D eigenvalue weighted by molar-refractivity contribution is 6.23. The van der Waals surface area contributed by atoms with Crippen LogP contribution in [0.15, 0.2) is 47.4 Å². The number of rotatable bonds is 11. The molecule has 1 unspecified atom stereocenters. The van der Waals surface area contributed by atoms with Crippen molar-refractivity contribution in [2.75, 3.05) is 79.0 Å². The van der Waals surface area contributed by atoms with Gasteiger partial charge < -0.3 is 34.1 Å². The number of urea groups is 1. The normalized spacial score (nSPS) is 20.6. The Morgan fingerprint density at radius 1 is 0.915 bits per heavy atom. The molecule has 4 saturated heterocycles. The highest BCUT2D eigenvalue weighted by atomic mass is 16.5. The largest absolute Gasteiger partial charge is 0.496 e. The number of aromatic nitrogens is 1. The van der Waals surface area contributed by atoms with Gasteiger partial charge in [0.1, 0.15) is 17.5 Å². The fraction of sp³-hybridized carbons (Fsp3) is 0.488. The number of pyridine rings is 1. The van der Waals surface area contributed by atoms with Gasteiger partial charge in [-0.05, 0) is 85.8 Å². The van der Waals surface area contributed by atoms with E-state index in [1.807, 2.05) is 24.3 Å². The molecule has 312 valence electrons. The number of anilines is 1. The molecule has 3 aromatic rings. The Bertz CT molecular complexity index is 2240. The van der Waals surface area contributed by atoms with Crippen LogP contribution in [-0.2, 0) is 29.7 Å². The molecule has 0 aliphatic carbocycles. The monoisotopic (exact) mass is 808 g/mol. The summed E-state index contributed by atoms with van der Waals surface area (Å²) in [5.74, 6) is 0.0387. The minimum atomic E-state index is -0.971. The van der Waals surface area contributed by atoms with Crippen LogP contribution in [0.25, 0.3) is 11.1 Å². The van der Waals surface area contributed by atoms with Gasteiger partial charge in [-0.15, -0.1) is 0 Å². The molecule has 2 aromatic carbocycles. The summed E-state index contributed by atoms with van der Waals surface area (Å²) in [5, 5.41) is 4.84. The van der Waals surface area contributed by atoms with Crippen LogP contribution in [0.3, 0.4) is 0 Å². The molecule has 1 spiro atoms. The lowest BCUT2D eigenvalue weighted by molar-refractivity contribution is -0.136. The van der Waals surface area contributed by atoms with E-state index < -0.39 is 29.7 Å². The standard InChI is InChI=1S/C43H52N8O8/c1-44-42(57)47(3)22-29-14-28(21-46(2)39(29)54)27-15-35(58-4)33(36(16-27)59-5)23-49-19-26(20-49)18-48-12-10-43(11-13-48)24-50(25-43)30-6-7-31-32(17-30)41(56)51(40(31)55)34-8-9-37(52)45-38(34)53/h6-7,14-17,21,26,34H,8-13,18-20,22-25H2,1-5H3,(H,44,57)(H,45,52,53). The summed E-state index contributed by atoms with van der Waals surface area (Å²) in [4.78, 5) is 85.4. The molecule has 1 aromatic heterocycles. The maximum Gasteiger partial charge on any atom is 0.317 e. The average molecular weight is 809 g/mol. The fourth-order valence-corrected chi connectivity index (χ4v) is 9.51. The first-order chi connectivity index (χ1) is 28.3. The lowest BCUT2D eigenvalue weighted by Crippen LogP contribution is -2.61. The van der Waals surface area contributed by atoms with Crippen LogP contribution in [-0.4, -0.2) is 134 Å². The van der Waals surface area contributed by atoms with E-state index in [0.717, 1.165) is 85.9 Å². The number of nitrogens with one attached hydrogen (secondary N) is 2. The summed E-state index contributed by atoms with van der Waals surface area (Å²) in [5.41, 5.74) is 4.73. The van der Waals surface area contributed by atoms with Gasteiger partial charge in [0.25, 0.3) is 17.4 Å². The zero-order valence-corrected chi connectivity index (χ0v) is 34.3. The Balaban J connectivity index is 0.829. The SMILES string of the molecule is CNC(=O)N(C)Cc1cc(-c2cc(OC)c(CN3CC(CN4CCC5(CC4)CN(c4ccc6c(c4)C(=O)N(C4CCC(=O)NC4=O)C6=O)C5)C3)c(OC)c2)cn(C)c1=O. The highest BCUT2D eigenvalue weighted by Gasteiger charge is 2.48. The minimum absolute atomic E-state index is 0.0928. The molecule has 4 fully saturated rings. The van der Waals surface area contributed by atoms with Crippen molar-refractivity contribution in [2.24, 2.45) is 18.4 Å². The number of hydrogen-bond acceptors (Lipinski definition) is 11. The van der Waals surface area contributed by atoms with Crippen molar-refractivity contribution in [2.45, 2.75) is 44.8 Å². The van der Waals surface area contributed by atoms with Crippen LogP contribution in [0.5, 0.6) is 11.5 Å². The third-order valence-corrected chi connectivity index (χ3v) is 12.9. The molecule has 6 heterocycles. The molecule has 0 saturated carbocycles. The Morgan fingerprint density at radius 3 is 2.24 bits per heavy atom. The van der Waals surface area contributed by atoms with Gasteiger partial charge in [-0.25, -0.2) is 4.79 Å². The number of fused-ring (bicyclic) bond motifs is 1. The van der Waals surface area contributed by atoms with E-state index in [-0.39, 0.29) is 36.4 Å². The molecule has 59 heavy (non-hydrogen) atoms. The van der Waals surface area contributed by atoms with Gasteiger partial charge in [0.15, 0.2) is 0 Å². The number of aryl methyl sites for hydroxylation is 1. The van der Waals surface area contributed by atoms with Crippen LogP contribution >= 0.6 is 0 Å². The third kappa shape index (κ3) is 7.55.